The number of thioether (sulfide) groups is 1. The molecule has 2 nitrogen and oxygen atoms in total. The van der Waals surface area contributed by atoms with E-state index in [1.165, 1.54) is 16.5 Å². The number of rotatable bonds is 3. The first-order valence-electron chi connectivity index (χ1n) is 6.21. The number of fused-ring (bicyclic) bond motifs is 1. The molecule has 0 N–H and O–H groups in total. The summed E-state index contributed by atoms with van der Waals surface area (Å²) < 4.78 is 0. The maximum atomic E-state index is 4.43. The van der Waals surface area contributed by atoms with Crippen LogP contribution in [0.4, 0.5) is 0 Å². The van der Waals surface area contributed by atoms with Gasteiger partial charge < -0.3 is 0 Å². The van der Waals surface area contributed by atoms with E-state index in [-0.39, 0.29) is 0 Å². The van der Waals surface area contributed by atoms with Crippen LogP contribution < -0.4 is 0 Å². The molecule has 0 unspecified atom stereocenters. The van der Waals surface area contributed by atoms with E-state index in [4.69, 9.17) is 0 Å². The minimum Gasteiger partial charge on any atom is -0.236 e. The maximum absolute atomic E-state index is 4.43. The lowest BCUT2D eigenvalue weighted by molar-refractivity contribution is 1.09. The van der Waals surface area contributed by atoms with Crippen molar-refractivity contribution in [2.24, 2.45) is 0 Å². The van der Waals surface area contributed by atoms with Crippen LogP contribution in [-0.2, 0) is 5.75 Å². The molecular weight excluding hydrogens is 252 g/mol. The Balaban J connectivity index is 1.93. The summed E-state index contributed by atoms with van der Waals surface area (Å²) in [6.07, 6.45) is 1.65. The fourth-order valence-corrected chi connectivity index (χ4v) is 3.11. The molecule has 1 aromatic heterocycles. The molecule has 0 aliphatic rings. The van der Waals surface area contributed by atoms with Gasteiger partial charge in [0, 0.05) is 11.1 Å². The Kier molecular flexibility index (Phi) is 3.47. The minimum absolute atomic E-state index is 0.932. The standard InChI is InChI=1S/C16H14N2S/c1-12-6-5-9-14-15(12)16(18-11-17-14)19-10-13-7-3-2-4-8-13/h2-9,11H,10H2,1H3. The van der Waals surface area contributed by atoms with Crippen LogP contribution >= 0.6 is 11.8 Å². The molecular formula is C16H14N2S. The van der Waals surface area contributed by atoms with Crippen molar-refractivity contribution < 1.29 is 0 Å². The maximum Gasteiger partial charge on any atom is 0.117 e. The van der Waals surface area contributed by atoms with Crippen LogP contribution in [0.3, 0.4) is 0 Å². The summed E-state index contributed by atoms with van der Waals surface area (Å²) in [6, 6.07) is 16.6. The molecule has 0 saturated heterocycles. The quantitative estimate of drug-likeness (QED) is 0.524. The summed E-state index contributed by atoms with van der Waals surface area (Å²) in [6.45, 7) is 2.11. The Bertz CT molecular complexity index is 690. The van der Waals surface area contributed by atoms with Crippen molar-refractivity contribution in [1.82, 2.24) is 9.97 Å². The lowest BCUT2D eigenvalue weighted by Gasteiger charge is -2.07. The zero-order chi connectivity index (χ0) is 13.1. The first-order valence-corrected chi connectivity index (χ1v) is 7.20. The van der Waals surface area contributed by atoms with Gasteiger partial charge in [-0.3, -0.25) is 0 Å². The highest BCUT2D eigenvalue weighted by atomic mass is 32.2. The molecule has 3 aromatic rings. The molecule has 0 atom stereocenters. The summed E-state index contributed by atoms with van der Waals surface area (Å²) >= 11 is 1.77. The molecule has 0 fully saturated rings. The van der Waals surface area contributed by atoms with Crippen molar-refractivity contribution in [2.75, 3.05) is 0 Å². The predicted octanol–water partition coefficient (Wildman–Crippen LogP) is 4.23. The number of aryl methyl sites for hydroxylation is 1. The first kappa shape index (κ1) is 12.2. The third-order valence-electron chi connectivity index (χ3n) is 3.05. The molecule has 0 aliphatic carbocycles. The predicted molar refractivity (Wildman–Crippen MR) is 80.3 cm³/mol. The van der Waals surface area contributed by atoms with Crippen LogP contribution in [0.15, 0.2) is 59.9 Å². The van der Waals surface area contributed by atoms with Crippen LogP contribution in [0.25, 0.3) is 10.9 Å². The molecule has 94 valence electrons. The zero-order valence-corrected chi connectivity index (χ0v) is 11.5. The lowest BCUT2D eigenvalue weighted by atomic mass is 10.1. The van der Waals surface area contributed by atoms with E-state index in [0.29, 0.717) is 0 Å². The van der Waals surface area contributed by atoms with Crippen LogP contribution in [0, 0.1) is 6.92 Å². The van der Waals surface area contributed by atoms with Crippen molar-refractivity contribution in [1.29, 1.82) is 0 Å². The molecule has 3 heteroatoms. The van der Waals surface area contributed by atoms with Crippen molar-refractivity contribution in [3.05, 3.63) is 66.0 Å². The molecule has 0 saturated carbocycles. The number of benzene rings is 2. The molecule has 0 radical (unpaired) electrons. The van der Waals surface area contributed by atoms with E-state index < -0.39 is 0 Å². The first-order chi connectivity index (χ1) is 9.34. The summed E-state index contributed by atoms with van der Waals surface area (Å²) in [5.74, 6) is 0.932. The van der Waals surface area contributed by atoms with Crippen molar-refractivity contribution >= 4 is 22.7 Å². The second-order valence-electron chi connectivity index (χ2n) is 4.42. The van der Waals surface area contributed by atoms with Crippen molar-refractivity contribution in [3.8, 4) is 0 Å². The Hall–Kier alpha value is -1.87. The highest BCUT2D eigenvalue weighted by Gasteiger charge is 2.06. The summed E-state index contributed by atoms with van der Waals surface area (Å²) in [5, 5.41) is 2.23. The van der Waals surface area contributed by atoms with Gasteiger partial charge in [-0.25, -0.2) is 9.97 Å². The molecule has 2 aromatic carbocycles. The molecule has 0 spiro atoms. The third-order valence-corrected chi connectivity index (χ3v) is 4.12. The van der Waals surface area contributed by atoms with Crippen LogP contribution in [0.1, 0.15) is 11.1 Å². The molecule has 0 bridgehead atoms. The van der Waals surface area contributed by atoms with Gasteiger partial charge in [0.05, 0.1) is 5.52 Å². The fourth-order valence-electron chi connectivity index (χ4n) is 2.08. The SMILES string of the molecule is Cc1cccc2ncnc(SCc3ccccc3)c12. The Morgan fingerprint density at radius 3 is 2.63 bits per heavy atom. The Labute approximate surface area is 116 Å². The van der Waals surface area contributed by atoms with E-state index in [9.17, 15) is 0 Å². The van der Waals surface area contributed by atoms with E-state index in [1.807, 2.05) is 18.2 Å². The highest BCUT2D eigenvalue weighted by molar-refractivity contribution is 7.98. The van der Waals surface area contributed by atoms with Gasteiger partial charge in [-0.15, -0.1) is 11.8 Å². The van der Waals surface area contributed by atoms with Gasteiger partial charge in [-0.2, -0.15) is 0 Å². The topological polar surface area (TPSA) is 25.8 Å². The number of aromatic nitrogens is 2. The van der Waals surface area contributed by atoms with Gasteiger partial charge >= 0.3 is 0 Å². The van der Waals surface area contributed by atoms with Crippen LogP contribution in [0.5, 0.6) is 0 Å². The monoisotopic (exact) mass is 266 g/mol. The van der Waals surface area contributed by atoms with Gasteiger partial charge in [-0.05, 0) is 24.1 Å². The molecule has 1 heterocycles. The smallest absolute Gasteiger partial charge is 0.117 e. The van der Waals surface area contributed by atoms with Gasteiger partial charge in [0.1, 0.15) is 11.4 Å². The molecule has 0 aliphatic heterocycles. The van der Waals surface area contributed by atoms with Gasteiger partial charge in [0.25, 0.3) is 0 Å². The summed E-state index contributed by atoms with van der Waals surface area (Å²) in [4.78, 5) is 8.77. The average Bonchev–Trinajstić information content (AvgIpc) is 2.46. The van der Waals surface area contributed by atoms with Crippen LogP contribution in [0.2, 0.25) is 0 Å². The van der Waals surface area contributed by atoms with Gasteiger partial charge in [0.2, 0.25) is 0 Å². The van der Waals surface area contributed by atoms with E-state index in [0.717, 1.165) is 16.3 Å². The number of nitrogens with zero attached hydrogens (tertiary/aromatic N) is 2. The van der Waals surface area contributed by atoms with Gasteiger partial charge in [-0.1, -0.05) is 42.5 Å². The third kappa shape index (κ3) is 2.61. The number of hydrogen-bond donors (Lipinski definition) is 0. The number of hydrogen-bond acceptors (Lipinski definition) is 3. The zero-order valence-electron chi connectivity index (χ0n) is 10.7. The Morgan fingerprint density at radius 2 is 1.79 bits per heavy atom. The molecule has 0 amide bonds. The van der Waals surface area contributed by atoms with E-state index in [2.05, 4.69) is 47.2 Å². The summed E-state index contributed by atoms with van der Waals surface area (Å²) in [7, 11) is 0. The second-order valence-corrected chi connectivity index (χ2v) is 5.39. The summed E-state index contributed by atoms with van der Waals surface area (Å²) in [5.41, 5.74) is 3.56. The fraction of sp³-hybridized carbons (Fsp3) is 0.125. The molecule has 3 rings (SSSR count). The average molecular weight is 266 g/mol. The van der Waals surface area contributed by atoms with E-state index in [1.54, 1.807) is 18.1 Å². The van der Waals surface area contributed by atoms with Crippen molar-refractivity contribution in [2.45, 2.75) is 17.7 Å². The van der Waals surface area contributed by atoms with Crippen molar-refractivity contribution in [3.63, 3.8) is 0 Å². The lowest BCUT2D eigenvalue weighted by Crippen LogP contribution is -1.90. The Morgan fingerprint density at radius 1 is 0.947 bits per heavy atom. The minimum atomic E-state index is 0.932. The molecule has 19 heavy (non-hydrogen) atoms. The highest BCUT2D eigenvalue weighted by Crippen LogP contribution is 2.29. The van der Waals surface area contributed by atoms with Gasteiger partial charge in [0.15, 0.2) is 0 Å². The largest absolute Gasteiger partial charge is 0.236 e. The van der Waals surface area contributed by atoms with Crippen LogP contribution in [-0.4, -0.2) is 9.97 Å². The normalized spacial score (nSPS) is 10.8. The van der Waals surface area contributed by atoms with E-state index >= 15 is 0 Å². The second kappa shape index (κ2) is 5.41.